The SMILES string of the molecule is Cc1cc(C=C2SC(=S)N(c3ccccc3F)C2=O)c(C)n1-c1cccc2ccccc12. The van der Waals surface area contributed by atoms with E-state index in [-0.39, 0.29) is 11.6 Å². The summed E-state index contributed by atoms with van der Waals surface area (Å²) < 4.78 is 16.8. The van der Waals surface area contributed by atoms with Gasteiger partial charge >= 0.3 is 0 Å². The molecule has 0 atom stereocenters. The number of aromatic nitrogens is 1. The average molecular weight is 459 g/mol. The fourth-order valence-electron chi connectivity index (χ4n) is 4.16. The van der Waals surface area contributed by atoms with Crippen LogP contribution in [-0.2, 0) is 4.79 Å². The Labute approximate surface area is 195 Å². The van der Waals surface area contributed by atoms with Crippen molar-refractivity contribution in [3.05, 3.63) is 100 Å². The number of para-hydroxylation sites is 1. The molecular formula is C26H19FN2OS2. The molecule has 2 heterocycles. The van der Waals surface area contributed by atoms with E-state index in [0.29, 0.717) is 9.23 Å². The number of rotatable bonds is 3. The Kier molecular flexibility index (Phi) is 5.19. The highest BCUT2D eigenvalue weighted by atomic mass is 32.2. The van der Waals surface area contributed by atoms with Crippen molar-refractivity contribution in [2.24, 2.45) is 0 Å². The lowest BCUT2D eigenvalue weighted by atomic mass is 10.1. The number of fused-ring (bicyclic) bond motifs is 1. The number of hydrogen-bond donors (Lipinski definition) is 0. The van der Waals surface area contributed by atoms with Crippen LogP contribution in [0.4, 0.5) is 10.1 Å². The maximum atomic E-state index is 14.3. The molecule has 1 aromatic heterocycles. The van der Waals surface area contributed by atoms with Crippen molar-refractivity contribution >= 4 is 56.7 Å². The largest absolute Gasteiger partial charge is 0.317 e. The van der Waals surface area contributed by atoms with Crippen molar-refractivity contribution in [2.45, 2.75) is 13.8 Å². The summed E-state index contributed by atoms with van der Waals surface area (Å²) in [5.41, 5.74) is 4.30. The van der Waals surface area contributed by atoms with Crippen LogP contribution in [-0.4, -0.2) is 14.8 Å². The van der Waals surface area contributed by atoms with Gasteiger partial charge in [0.25, 0.3) is 5.91 Å². The Hall–Kier alpha value is -3.22. The quantitative estimate of drug-likeness (QED) is 0.250. The summed E-state index contributed by atoms with van der Waals surface area (Å²) in [6.45, 7) is 4.09. The van der Waals surface area contributed by atoms with Gasteiger partial charge in [0.15, 0.2) is 4.32 Å². The van der Waals surface area contributed by atoms with Crippen molar-refractivity contribution in [3.8, 4) is 5.69 Å². The van der Waals surface area contributed by atoms with E-state index in [1.807, 2.05) is 25.1 Å². The minimum atomic E-state index is -0.473. The Morgan fingerprint density at radius 2 is 1.62 bits per heavy atom. The standard InChI is InChI=1S/C26H19FN2OS2/c1-16-14-19(17(2)28(16)22-13-7-9-18-8-3-4-10-20(18)22)15-24-25(30)29(26(31)32-24)23-12-6-5-11-21(23)27/h3-15H,1-2H3. The van der Waals surface area contributed by atoms with Gasteiger partial charge in [0.05, 0.1) is 16.3 Å². The third kappa shape index (κ3) is 3.36. The predicted molar refractivity (Wildman–Crippen MR) is 135 cm³/mol. The first-order chi connectivity index (χ1) is 15.5. The number of halogens is 1. The second-order valence-corrected chi connectivity index (χ2v) is 9.30. The van der Waals surface area contributed by atoms with Crippen molar-refractivity contribution < 1.29 is 9.18 Å². The zero-order valence-corrected chi connectivity index (χ0v) is 19.1. The summed E-state index contributed by atoms with van der Waals surface area (Å²) in [5, 5.41) is 2.33. The molecule has 5 rings (SSSR count). The lowest BCUT2D eigenvalue weighted by Crippen LogP contribution is -2.28. The van der Waals surface area contributed by atoms with Crippen LogP contribution in [0.2, 0.25) is 0 Å². The van der Waals surface area contributed by atoms with Crippen LogP contribution in [0.25, 0.3) is 22.5 Å². The van der Waals surface area contributed by atoms with E-state index in [1.165, 1.54) is 28.1 Å². The second kappa shape index (κ2) is 8.04. The van der Waals surface area contributed by atoms with Crippen molar-refractivity contribution in [1.29, 1.82) is 0 Å². The molecular weight excluding hydrogens is 439 g/mol. The number of nitrogens with zero attached hydrogens (tertiary/aromatic N) is 2. The molecule has 3 nitrogen and oxygen atoms in total. The van der Waals surface area contributed by atoms with E-state index in [9.17, 15) is 9.18 Å². The summed E-state index contributed by atoms with van der Waals surface area (Å²) in [4.78, 5) is 14.8. The lowest BCUT2D eigenvalue weighted by Gasteiger charge is -2.14. The zero-order valence-electron chi connectivity index (χ0n) is 17.5. The van der Waals surface area contributed by atoms with Crippen molar-refractivity contribution in [3.63, 3.8) is 0 Å². The lowest BCUT2D eigenvalue weighted by molar-refractivity contribution is -0.113. The molecule has 0 bridgehead atoms. The van der Waals surface area contributed by atoms with Gasteiger partial charge in [-0.2, -0.15) is 0 Å². The van der Waals surface area contributed by atoms with Gasteiger partial charge in [-0.1, -0.05) is 72.5 Å². The van der Waals surface area contributed by atoms with Gasteiger partial charge in [0.2, 0.25) is 0 Å². The Bertz CT molecular complexity index is 1430. The number of amides is 1. The van der Waals surface area contributed by atoms with Crippen LogP contribution in [0.3, 0.4) is 0 Å². The highest BCUT2D eigenvalue weighted by molar-refractivity contribution is 8.27. The maximum absolute atomic E-state index is 14.3. The highest BCUT2D eigenvalue weighted by Gasteiger charge is 2.35. The predicted octanol–water partition coefficient (Wildman–Crippen LogP) is 6.79. The van der Waals surface area contributed by atoms with Gasteiger partial charge < -0.3 is 4.57 Å². The average Bonchev–Trinajstić information content (AvgIpc) is 3.22. The summed E-state index contributed by atoms with van der Waals surface area (Å²) in [5.74, 6) is -0.778. The van der Waals surface area contributed by atoms with E-state index in [0.717, 1.165) is 28.0 Å². The normalized spacial score (nSPS) is 15.3. The minimum absolute atomic E-state index is 0.180. The van der Waals surface area contributed by atoms with Crippen LogP contribution < -0.4 is 4.90 Å². The van der Waals surface area contributed by atoms with E-state index in [1.54, 1.807) is 18.2 Å². The summed E-state index contributed by atoms with van der Waals surface area (Å²) in [7, 11) is 0. The minimum Gasteiger partial charge on any atom is -0.317 e. The van der Waals surface area contributed by atoms with E-state index in [4.69, 9.17) is 12.2 Å². The van der Waals surface area contributed by atoms with Crippen LogP contribution >= 0.6 is 24.0 Å². The molecule has 3 aromatic carbocycles. The number of benzene rings is 3. The number of carbonyl (C=O) groups excluding carboxylic acids is 1. The maximum Gasteiger partial charge on any atom is 0.270 e. The Morgan fingerprint density at radius 1 is 0.938 bits per heavy atom. The molecule has 4 aromatic rings. The van der Waals surface area contributed by atoms with E-state index >= 15 is 0 Å². The van der Waals surface area contributed by atoms with E-state index in [2.05, 4.69) is 47.9 Å². The summed E-state index contributed by atoms with van der Waals surface area (Å²) in [6.07, 6.45) is 1.85. The molecule has 0 unspecified atom stereocenters. The first kappa shape index (κ1) is 20.7. The monoisotopic (exact) mass is 458 g/mol. The fourth-order valence-corrected chi connectivity index (χ4v) is 5.43. The number of anilines is 1. The summed E-state index contributed by atoms with van der Waals surface area (Å²) in [6, 6.07) is 22.8. The number of carbonyl (C=O) groups is 1. The van der Waals surface area contributed by atoms with Gasteiger partial charge in [-0.05, 0) is 55.1 Å². The molecule has 0 aliphatic carbocycles. The van der Waals surface area contributed by atoms with Crippen LogP contribution in [0.15, 0.2) is 77.7 Å². The van der Waals surface area contributed by atoms with Crippen LogP contribution in [0.1, 0.15) is 17.0 Å². The van der Waals surface area contributed by atoms with Gasteiger partial charge in [0, 0.05) is 16.8 Å². The molecule has 158 valence electrons. The second-order valence-electron chi connectivity index (χ2n) is 7.63. The Balaban J connectivity index is 1.57. The number of hydrogen-bond acceptors (Lipinski definition) is 3. The Morgan fingerprint density at radius 3 is 2.44 bits per heavy atom. The van der Waals surface area contributed by atoms with E-state index < -0.39 is 5.82 Å². The van der Waals surface area contributed by atoms with Gasteiger partial charge in [0.1, 0.15) is 5.82 Å². The van der Waals surface area contributed by atoms with Crippen LogP contribution in [0.5, 0.6) is 0 Å². The van der Waals surface area contributed by atoms with Gasteiger partial charge in [-0.15, -0.1) is 0 Å². The third-order valence-electron chi connectivity index (χ3n) is 5.65. The van der Waals surface area contributed by atoms with Gasteiger partial charge in [-0.25, -0.2) is 4.39 Å². The number of thiocarbonyl (C=S) groups is 1. The first-order valence-electron chi connectivity index (χ1n) is 10.2. The summed E-state index contributed by atoms with van der Waals surface area (Å²) >= 11 is 6.60. The van der Waals surface area contributed by atoms with Gasteiger partial charge in [-0.3, -0.25) is 9.69 Å². The van der Waals surface area contributed by atoms with Crippen molar-refractivity contribution in [2.75, 3.05) is 4.90 Å². The third-order valence-corrected chi connectivity index (χ3v) is 6.95. The van der Waals surface area contributed by atoms with Crippen molar-refractivity contribution in [1.82, 2.24) is 4.57 Å². The highest BCUT2D eigenvalue weighted by Crippen LogP contribution is 2.38. The molecule has 0 saturated carbocycles. The number of thioether (sulfide) groups is 1. The smallest absolute Gasteiger partial charge is 0.270 e. The molecule has 0 N–H and O–H groups in total. The molecule has 1 amide bonds. The molecule has 1 fully saturated rings. The fraction of sp³-hybridized carbons (Fsp3) is 0.0769. The zero-order chi connectivity index (χ0) is 22.4. The molecule has 0 spiro atoms. The molecule has 1 saturated heterocycles. The molecule has 0 radical (unpaired) electrons. The van der Waals surface area contributed by atoms with Crippen LogP contribution in [0, 0.1) is 19.7 Å². The molecule has 6 heteroatoms. The number of aryl methyl sites for hydroxylation is 1. The first-order valence-corrected chi connectivity index (χ1v) is 11.4. The topological polar surface area (TPSA) is 25.2 Å². The molecule has 32 heavy (non-hydrogen) atoms. The molecule has 1 aliphatic rings. The molecule has 1 aliphatic heterocycles.